The predicted octanol–water partition coefficient (Wildman–Crippen LogP) is 8.92. The normalized spacial score (nSPS) is 13.4. The highest BCUT2D eigenvalue weighted by atomic mass is 79.9. The molecule has 57 heavy (non-hydrogen) atoms. The highest BCUT2D eigenvalue weighted by Crippen LogP contribution is 2.30. The first-order valence-corrected chi connectivity index (χ1v) is 18.9. The molecule has 4 aromatic carbocycles. The van der Waals surface area contributed by atoms with Gasteiger partial charge in [-0.15, -0.1) is 0 Å². The van der Waals surface area contributed by atoms with Crippen LogP contribution in [0.1, 0.15) is 93.3 Å². The van der Waals surface area contributed by atoms with Gasteiger partial charge in [0.2, 0.25) is 0 Å². The van der Waals surface area contributed by atoms with Crippen LogP contribution in [0.4, 0.5) is 16.2 Å². The number of nitriles is 2. The summed E-state index contributed by atoms with van der Waals surface area (Å²) in [7, 11) is 0. The fraction of sp³-hybridized carbons (Fsp3) is 0.289. The summed E-state index contributed by atoms with van der Waals surface area (Å²) in [6, 6.07) is 29.8. The molecule has 4 aromatic rings. The second kappa shape index (κ2) is 19.1. The lowest BCUT2D eigenvalue weighted by Crippen LogP contribution is -2.27. The average Bonchev–Trinajstić information content (AvgIpc) is 3.39. The molecule has 0 saturated heterocycles. The van der Waals surface area contributed by atoms with E-state index < -0.39 is 17.3 Å². The Labute approximate surface area is 341 Å². The summed E-state index contributed by atoms with van der Waals surface area (Å²) in [4.78, 5) is 56.0. The van der Waals surface area contributed by atoms with Crippen LogP contribution in [0.15, 0.2) is 99.4 Å². The van der Waals surface area contributed by atoms with Gasteiger partial charge < -0.3 is 15.2 Å². The summed E-state index contributed by atoms with van der Waals surface area (Å²) in [6.45, 7) is 10.8. The fourth-order valence-corrected chi connectivity index (χ4v) is 6.22. The number of nitrogens with two attached hydrogens (primary N) is 1. The van der Waals surface area contributed by atoms with Gasteiger partial charge in [-0.05, 0) is 118 Å². The molecular weight excluding hydrogens is 786 g/mol. The number of halogens is 1. The van der Waals surface area contributed by atoms with E-state index in [0.717, 1.165) is 49.4 Å². The van der Waals surface area contributed by atoms with E-state index in [1.165, 1.54) is 0 Å². The lowest BCUT2D eigenvalue weighted by atomic mass is 10.00. The zero-order chi connectivity index (χ0) is 41.9. The minimum Gasteiger partial charge on any atom is -0.460 e. The Balaban J connectivity index is 0.000000218. The van der Waals surface area contributed by atoms with Crippen molar-refractivity contribution in [3.8, 4) is 12.1 Å². The third kappa shape index (κ3) is 14.1. The van der Waals surface area contributed by atoms with E-state index in [-0.39, 0.29) is 36.8 Å². The van der Waals surface area contributed by atoms with Crippen LogP contribution < -0.4 is 5.73 Å². The maximum Gasteiger partial charge on any atom is 0.405 e. The van der Waals surface area contributed by atoms with Gasteiger partial charge in [-0.1, -0.05) is 52.3 Å². The molecule has 0 unspecified atom stereocenters. The lowest BCUT2D eigenvalue weighted by molar-refractivity contribution is -0.153. The van der Waals surface area contributed by atoms with E-state index in [1.54, 1.807) is 51.1 Å². The second-order valence-corrected chi connectivity index (χ2v) is 16.2. The number of hydrogen-bond donors (Lipinski definition) is 1. The summed E-state index contributed by atoms with van der Waals surface area (Å²) in [6.07, 6.45) is 0.589. The fourth-order valence-electron chi connectivity index (χ4n) is 5.81. The smallest absolute Gasteiger partial charge is 0.405 e. The van der Waals surface area contributed by atoms with E-state index in [4.69, 9.17) is 21.0 Å². The Kier molecular flexibility index (Phi) is 14.6. The molecule has 0 fully saturated rings. The van der Waals surface area contributed by atoms with E-state index in [9.17, 15) is 19.2 Å². The number of rotatable bonds is 4. The molecule has 6 rings (SSSR count). The van der Waals surface area contributed by atoms with Gasteiger partial charge in [-0.3, -0.25) is 24.4 Å². The molecule has 11 nitrogen and oxygen atoms in total. The van der Waals surface area contributed by atoms with Crippen LogP contribution in [0.5, 0.6) is 0 Å². The van der Waals surface area contributed by atoms with Gasteiger partial charge >= 0.3 is 12.1 Å². The van der Waals surface area contributed by atoms with E-state index in [0.29, 0.717) is 29.7 Å². The summed E-state index contributed by atoms with van der Waals surface area (Å²) in [5, 5.41) is 18.1. The number of Topliss-reactive ketones (excluding diaryl/α,β-unsaturated/α-hetero) is 2. The number of carbonyl (C=O) groups is 4. The molecular formula is C45H44BrN5O6. The molecule has 12 heteroatoms. The van der Waals surface area contributed by atoms with Crippen molar-refractivity contribution < 1.29 is 28.7 Å². The number of ether oxygens (including phenoxy) is 2. The maximum absolute atomic E-state index is 12.5. The third-order valence-corrected chi connectivity index (χ3v) is 8.52. The zero-order valence-corrected chi connectivity index (χ0v) is 34.4. The number of benzene rings is 4. The minimum absolute atomic E-state index is 0.0503. The molecule has 2 N–H and O–H groups in total. The van der Waals surface area contributed by atoms with Crippen molar-refractivity contribution >= 4 is 62.4 Å². The molecule has 292 valence electrons. The van der Waals surface area contributed by atoms with Crippen molar-refractivity contribution in [3.05, 3.63) is 128 Å². The molecule has 2 heterocycles. The number of amides is 1. The Hall–Kier alpha value is -6.24. The zero-order valence-electron chi connectivity index (χ0n) is 32.8. The first kappa shape index (κ1) is 43.5. The first-order valence-electron chi connectivity index (χ1n) is 18.1. The van der Waals surface area contributed by atoms with Crippen molar-refractivity contribution in [1.29, 1.82) is 10.5 Å². The van der Waals surface area contributed by atoms with Gasteiger partial charge in [0.25, 0.3) is 0 Å². The van der Waals surface area contributed by atoms with Crippen molar-refractivity contribution in [2.24, 2.45) is 15.7 Å². The van der Waals surface area contributed by atoms with Crippen LogP contribution >= 0.6 is 15.9 Å². The summed E-state index contributed by atoms with van der Waals surface area (Å²) >= 11 is 3.42. The van der Waals surface area contributed by atoms with E-state index in [1.807, 2.05) is 75.4 Å². The molecule has 0 bridgehead atoms. The van der Waals surface area contributed by atoms with Gasteiger partial charge in [-0.2, -0.15) is 10.5 Å². The number of esters is 1. The van der Waals surface area contributed by atoms with Gasteiger partial charge in [0.1, 0.15) is 22.8 Å². The number of primary amides is 1. The van der Waals surface area contributed by atoms with Gasteiger partial charge in [0.05, 0.1) is 52.5 Å². The molecule has 0 spiro atoms. The SMILES string of the molecule is CC(C)(C)OC(=O)Cc1ccc2c(c1)CC(=O)CC(c1cccc(C#N)c1)=N2.CC(C)(C)OC(N)=O.N#Cc1cccc(C2=Nc3ccc(Br)cc3CC(=O)C2)c1. The molecule has 0 saturated carbocycles. The van der Waals surface area contributed by atoms with Crippen molar-refractivity contribution in [3.63, 3.8) is 0 Å². The maximum atomic E-state index is 12.5. The van der Waals surface area contributed by atoms with Gasteiger partial charge in [-0.25, -0.2) is 4.79 Å². The van der Waals surface area contributed by atoms with E-state index >= 15 is 0 Å². The topological polar surface area (TPSA) is 185 Å². The Morgan fingerprint density at radius 1 is 0.684 bits per heavy atom. The van der Waals surface area contributed by atoms with Crippen molar-refractivity contribution in [2.75, 3.05) is 0 Å². The summed E-state index contributed by atoms with van der Waals surface area (Å²) in [5.41, 5.74) is 11.9. The summed E-state index contributed by atoms with van der Waals surface area (Å²) in [5.74, 6) is -0.118. The number of fused-ring (bicyclic) bond motifs is 2. The standard InChI is InChI=1S/C23H22N2O3.C17H11BrN2O.C5H11NO2/c1-23(2,3)28-22(27)11-15-7-8-20-18(9-15)12-19(26)13-21(25-20)17-6-4-5-16(10-17)14-24;18-14-4-5-16-13(7-14)8-15(21)9-17(20-16)12-3-1-2-11(6-12)10-19;1-5(2,3)8-4(6)7/h4-10H,11-13H2,1-3H3;1-7H,8-9H2;1-3H3,(H2,6,7). The number of hydrogen-bond acceptors (Lipinski definition) is 10. The van der Waals surface area contributed by atoms with Crippen LogP contribution in [-0.2, 0) is 43.1 Å². The minimum atomic E-state index is -0.725. The molecule has 2 aliphatic heterocycles. The van der Waals surface area contributed by atoms with Crippen LogP contribution in [0.25, 0.3) is 0 Å². The third-order valence-electron chi connectivity index (χ3n) is 8.03. The van der Waals surface area contributed by atoms with Crippen LogP contribution in [0, 0.1) is 22.7 Å². The Morgan fingerprint density at radius 2 is 1.16 bits per heavy atom. The van der Waals surface area contributed by atoms with Gasteiger partial charge in [0, 0.05) is 30.2 Å². The predicted molar refractivity (Wildman–Crippen MR) is 222 cm³/mol. The molecule has 0 aliphatic carbocycles. The molecule has 0 radical (unpaired) electrons. The Bertz CT molecular complexity index is 2340. The van der Waals surface area contributed by atoms with Gasteiger partial charge in [0.15, 0.2) is 0 Å². The van der Waals surface area contributed by atoms with E-state index in [2.05, 4.69) is 42.8 Å². The quantitative estimate of drug-likeness (QED) is 0.198. The highest BCUT2D eigenvalue weighted by molar-refractivity contribution is 9.10. The molecule has 0 aromatic heterocycles. The van der Waals surface area contributed by atoms with Crippen LogP contribution in [-0.4, -0.2) is 46.3 Å². The largest absolute Gasteiger partial charge is 0.460 e. The number of aliphatic imine (C=N–C) groups is 2. The number of ketones is 2. The number of nitrogens with zero attached hydrogens (tertiary/aromatic N) is 4. The second-order valence-electron chi connectivity index (χ2n) is 15.3. The molecule has 2 aliphatic rings. The first-order chi connectivity index (χ1) is 26.8. The monoisotopic (exact) mass is 829 g/mol. The van der Waals surface area contributed by atoms with Crippen molar-refractivity contribution in [1.82, 2.24) is 0 Å². The van der Waals surface area contributed by atoms with Crippen LogP contribution in [0.3, 0.4) is 0 Å². The summed E-state index contributed by atoms with van der Waals surface area (Å²) < 4.78 is 10.9. The van der Waals surface area contributed by atoms with Crippen LogP contribution in [0.2, 0.25) is 0 Å². The number of carbonyl (C=O) groups excluding carboxylic acids is 4. The molecule has 0 atom stereocenters. The highest BCUT2D eigenvalue weighted by Gasteiger charge is 2.21. The lowest BCUT2D eigenvalue weighted by Gasteiger charge is -2.19. The van der Waals surface area contributed by atoms with Crippen molar-refractivity contribution in [2.45, 2.75) is 84.8 Å². The molecule has 1 amide bonds. The Morgan fingerprint density at radius 3 is 1.60 bits per heavy atom. The average molecular weight is 831 g/mol.